The van der Waals surface area contributed by atoms with Crippen LogP contribution in [0.25, 0.3) is 0 Å². The number of ether oxygens (including phenoxy) is 1. The molecular weight excluding hydrogens is 304 g/mol. The molecule has 3 rings (SSSR count). The summed E-state index contributed by atoms with van der Waals surface area (Å²) in [6.07, 6.45) is 5.43. The van der Waals surface area contributed by atoms with Crippen LogP contribution >= 0.6 is 0 Å². The van der Waals surface area contributed by atoms with Crippen LogP contribution in [0.1, 0.15) is 43.0 Å². The van der Waals surface area contributed by atoms with Crippen molar-refractivity contribution in [3.05, 3.63) is 53.9 Å². The molecule has 24 heavy (non-hydrogen) atoms. The van der Waals surface area contributed by atoms with Crippen LogP contribution in [0.3, 0.4) is 0 Å². The summed E-state index contributed by atoms with van der Waals surface area (Å²) < 4.78 is 7.64. The number of nitrogens with one attached hydrogen (secondary N) is 2. The lowest BCUT2D eigenvalue weighted by molar-refractivity contribution is -0.00753. The van der Waals surface area contributed by atoms with E-state index in [-0.39, 0.29) is 24.2 Å². The molecule has 2 aromatic rings. The first-order valence-corrected chi connectivity index (χ1v) is 8.35. The topological polar surface area (TPSA) is 68.2 Å². The third-order valence-corrected chi connectivity index (χ3v) is 4.34. The Morgan fingerprint density at radius 1 is 1.38 bits per heavy atom. The van der Waals surface area contributed by atoms with Gasteiger partial charge in [-0.25, -0.2) is 4.79 Å². The molecule has 2 N–H and O–H groups in total. The van der Waals surface area contributed by atoms with Crippen LogP contribution in [-0.2, 0) is 11.8 Å². The van der Waals surface area contributed by atoms with Crippen LogP contribution in [0.5, 0.6) is 0 Å². The molecule has 1 aromatic carbocycles. The van der Waals surface area contributed by atoms with Crippen LogP contribution < -0.4 is 10.6 Å². The fraction of sp³-hybridized carbons (Fsp3) is 0.444. The number of aromatic nitrogens is 2. The third-order valence-electron chi connectivity index (χ3n) is 4.34. The molecule has 0 bridgehead atoms. The maximum absolute atomic E-state index is 12.4. The van der Waals surface area contributed by atoms with E-state index in [1.807, 2.05) is 50.5 Å². The molecule has 1 fully saturated rings. The van der Waals surface area contributed by atoms with Gasteiger partial charge in [-0.05, 0) is 25.3 Å². The highest BCUT2D eigenvalue weighted by molar-refractivity contribution is 5.74. The number of hydrogen-bond donors (Lipinski definition) is 2. The van der Waals surface area contributed by atoms with E-state index in [1.54, 1.807) is 10.9 Å². The van der Waals surface area contributed by atoms with Crippen molar-refractivity contribution >= 4 is 6.03 Å². The second kappa shape index (κ2) is 7.49. The summed E-state index contributed by atoms with van der Waals surface area (Å²) in [5, 5.41) is 10.3. The van der Waals surface area contributed by atoms with Crippen molar-refractivity contribution in [2.45, 2.75) is 38.0 Å². The zero-order chi connectivity index (χ0) is 16.9. The Bertz CT molecular complexity index is 671. The zero-order valence-corrected chi connectivity index (χ0v) is 14.1. The maximum atomic E-state index is 12.4. The quantitative estimate of drug-likeness (QED) is 0.907. The Kier molecular flexibility index (Phi) is 5.15. The van der Waals surface area contributed by atoms with Crippen molar-refractivity contribution in [3.63, 3.8) is 0 Å². The SMILES string of the molecule is C[C@H](NC(=O)N[C@H]1CCCO[C@@H]1c1cnn(C)c1)c1ccccc1. The molecule has 1 aromatic heterocycles. The first kappa shape index (κ1) is 16.5. The lowest BCUT2D eigenvalue weighted by Gasteiger charge is -2.32. The number of nitrogens with zero attached hydrogens (tertiary/aromatic N) is 2. The Hall–Kier alpha value is -2.34. The van der Waals surface area contributed by atoms with E-state index in [1.165, 1.54) is 0 Å². The number of benzene rings is 1. The zero-order valence-electron chi connectivity index (χ0n) is 14.1. The third kappa shape index (κ3) is 3.94. The van der Waals surface area contributed by atoms with Gasteiger partial charge in [0.15, 0.2) is 0 Å². The minimum atomic E-state index is -0.171. The van der Waals surface area contributed by atoms with Gasteiger partial charge in [0.25, 0.3) is 0 Å². The molecule has 1 saturated heterocycles. The Labute approximate surface area is 142 Å². The first-order valence-electron chi connectivity index (χ1n) is 8.35. The summed E-state index contributed by atoms with van der Waals surface area (Å²) in [6.45, 7) is 2.69. The van der Waals surface area contributed by atoms with E-state index in [0.29, 0.717) is 6.61 Å². The van der Waals surface area contributed by atoms with Crippen molar-refractivity contribution in [2.24, 2.45) is 7.05 Å². The molecule has 0 saturated carbocycles. The van der Waals surface area contributed by atoms with E-state index in [0.717, 1.165) is 24.0 Å². The first-order chi connectivity index (χ1) is 11.6. The van der Waals surface area contributed by atoms with Gasteiger partial charge in [0.2, 0.25) is 0 Å². The average molecular weight is 328 g/mol. The largest absolute Gasteiger partial charge is 0.371 e. The second-order valence-electron chi connectivity index (χ2n) is 6.24. The molecule has 2 heterocycles. The molecule has 0 aliphatic carbocycles. The van der Waals surface area contributed by atoms with Gasteiger partial charge in [-0.1, -0.05) is 30.3 Å². The van der Waals surface area contributed by atoms with Gasteiger partial charge in [0.05, 0.1) is 18.3 Å². The smallest absolute Gasteiger partial charge is 0.315 e. The summed E-state index contributed by atoms with van der Waals surface area (Å²) >= 11 is 0. The van der Waals surface area contributed by atoms with Gasteiger partial charge < -0.3 is 15.4 Å². The number of aryl methyl sites for hydroxylation is 1. The van der Waals surface area contributed by atoms with Crippen LogP contribution in [0, 0.1) is 0 Å². The van der Waals surface area contributed by atoms with Crippen LogP contribution in [0.15, 0.2) is 42.7 Å². The Morgan fingerprint density at radius 2 is 2.17 bits per heavy atom. The van der Waals surface area contributed by atoms with Crippen LogP contribution in [0.4, 0.5) is 4.79 Å². The fourth-order valence-corrected chi connectivity index (χ4v) is 3.08. The standard InChI is InChI=1S/C18H24N4O2/c1-13(14-7-4-3-5-8-14)20-18(23)21-16-9-6-10-24-17(16)15-11-19-22(2)12-15/h3-5,7-8,11-13,16-17H,6,9-10H2,1-2H3,(H2,20,21,23)/t13-,16-,17+/m0/s1. The maximum Gasteiger partial charge on any atom is 0.315 e. The van der Waals surface area contributed by atoms with Crippen molar-refractivity contribution in [1.82, 2.24) is 20.4 Å². The summed E-state index contributed by atoms with van der Waals surface area (Å²) in [6, 6.07) is 9.65. The summed E-state index contributed by atoms with van der Waals surface area (Å²) in [5.74, 6) is 0. The highest BCUT2D eigenvalue weighted by atomic mass is 16.5. The van der Waals surface area contributed by atoms with E-state index in [9.17, 15) is 4.79 Å². The summed E-state index contributed by atoms with van der Waals surface area (Å²) in [4.78, 5) is 12.4. The van der Waals surface area contributed by atoms with Crippen LogP contribution in [-0.4, -0.2) is 28.5 Å². The number of urea groups is 1. The van der Waals surface area contributed by atoms with Gasteiger partial charge in [0, 0.05) is 25.4 Å². The minimum Gasteiger partial charge on any atom is -0.371 e. The predicted molar refractivity (Wildman–Crippen MR) is 91.4 cm³/mol. The van der Waals surface area contributed by atoms with E-state index in [4.69, 9.17) is 4.74 Å². The molecular formula is C18H24N4O2. The van der Waals surface area contributed by atoms with E-state index >= 15 is 0 Å². The van der Waals surface area contributed by atoms with E-state index < -0.39 is 0 Å². The minimum absolute atomic E-state index is 0.0486. The molecule has 3 atom stereocenters. The predicted octanol–water partition coefficient (Wildman–Crippen LogP) is 2.70. The van der Waals surface area contributed by atoms with E-state index in [2.05, 4.69) is 15.7 Å². The van der Waals surface area contributed by atoms with Gasteiger partial charge in [-0.15, -0.1) is 0 Å². The molecule has 2 amide bonds. The highest BCUT2D eigenvalue weighted by Gasteiger charge is 2.30. The average Bonchev–Trinajstić information content (AvgIpc) is 3.02. The molecule has 6 heteroatoms. The number of rotatable bonds is 4. The lowest BCUT2D eigenvalue weighted by atomic mass is 9.98. The normalized spacial score (nSPS) is 21.9. The van der Waals surface area contributed by atoms with Crippen molar-refractivity contribution in [3.8, 4) is 0 Å². The van der Waals surface area contributed by atoms with Gasteiger partial charge >= 0.3 is 6.03 Å². The monoisotopic (exact) mass is 328 g/mol. The van der Waals surface area contributed by atoms with Gasteiger partial charge in [0.1, 0.15) is 6.10 Å². The van der Waals surface area contributed by atoms with Crippen molar-refractivity contribution < 1.29 is 9.53 Å². The van der Waals surface area contributed by atoms with Gasteiger partial charge in [-0.3, -0.25) is 4.68 Å². The van der Waals surface area contributed by atoms with Crippen LogP contribution in [0.2, 0.25) is 0 Å². The summed E-state index contributed by atoms with van der Waals surface area (Å²) in [5.41, 5.74) is 2.08. The lowest BCUT2D eigenvalue weighted by Crippen LogP contribution is -2.47. The fourth-order valence-electron chi connectivity index (χ4n) is 3.08. The Balaban J connectivity index is 1.61. The Morgan fingerprint density at radius 3 is 2.88 bits per heavy atom. The molecule has 0 spiro atoms. The van der Waals surface area contributed by atoms with Crippen molar-refractivity contribution in [1.29, 1.82) is 0 Å². The summed E-state index contributed by atoms with van der Waals surface area (Å²) in [7, 11) is 1.88. The molecule has 128 valence electrons. The molecule has 0 unspecified atom stereocenters. The molecule has 1 aliphatic heterocycles. The molecule has 1 aliphatic rings. The highest BCUT2D eigenvalue weighted by Crippen LogP contribution is 2.28. The number of carbonyl (C=O) groups is 1. The molecule has 0 radical (unpaired) electrons. The second-order valence-corrected chi connectivity index (χ2v) is 6.24. The van der Waals surface area contributed by atoms with Crippen molar-refractivity contribution in [2.75, 3.05) is 6.61 Å². The number of carbonyl (C=O) groups excluding carboxylic acids is 1. The number of hydrogen-bond acceptors (Lipinski definition) is 3. The molecule has 6 nitrogen and oxygen atoms in total. The number of amides is 2. The van der Waals surface area contributed by atoms with Gasteiger partial charge in [-0.2, -0.15) is 5.10 Å².